The average Bonchev–Trinajstić information content (AvgIpc) is 3.40. The van der Waals surface area contributed by atoms with Gasteiger partial charge in [0, 0.05) is 25.2 Å². The van der Waals surface area contributed by atoms with E-state index in [2.05, 4.69) is 4.90 Å². The Morgan fingerprint density at radius 1 is 1.31 bits per heavy atom. The molecule has 2 aromatic heterocycles. The van der Waals surface area contributed by atoms with Gasteiger partial charge in [0.25, 0.3) is 11.5 Å². The molecule has 8 nitrogen and oxygen atoms in total. The van der Waals surface area contributed by atoms with Crippen LogP contribution in [-0.4, -0.2) is 46.0 Å². The van der Waals surface area contributed by atoms with Gasteiger partial charge in [-0.05, 0) is 37.6 Å². The first-order chi connectivity index (χ1) is 15.5. The highest BCUT2D eigenvalue weighted by molar-refractivity contribution is 8.26. The quantitative estimate of drug-likeness (QED) is 0.487. The van der Waals surface area contributed by atoms with E-state index in [-0.39, 0.29) is 23.6 Å². The molecule has 4 rings (SSSR count). The fourth-order valence-electron chi connectivity index (χ4n) is 3.88. The van der Waals surface area contributed by atoms with Gasteiger partial charge in [0.2, 0.25) is 0 Å². The van der Waals surface area contributed by atoms with Crippen molar-refractivity contribution in [3.63, 3.8) is 0 Å². The molecule has 0 saturated carbocycles. The maximum Gasteiger partial charge on any atom is 0.270 e. The maximum atomic E-state index is 13.2. The van der Waals surface area contributed by atoms with E-state index in [0.29, 0.717) is 64.8 Å². The van der Waals surface area contributed by atoms with Crippen LogP contribution in [-0.2, 0) is 22.6 Å². The number of pyridine rings is 1. The number of furan rings is 1. The molecule has 2 aromatic rings. The molecule has 0 aliphatic carbocycles. The van der Waals surface area contributed by atoms with Crippen molar-refractivity contribution in [2.75, 3.05) is 31.2 Å². The summed E-state index contributed by atoms with van der Waals surface area (Å²) in [6, 6.07) is 5.60. The molecule has 0 N–H and O–H groups in total. The number of hydrogen-bond donors (Lipinski definition) is 0. The van der Waals surface area contributed by atoms with Gasteiger partial charge in [-0.2, -0.15) is 5.26 Å². The number of carbonyl (C=O) groups is 1. The van der Waals surface area contributed by atoms with Gasteiger partial charge < -0.3 is 14.1 Å². The van der Waals surface area contributed by atoms with Gasteiger partial charge in [0.1, 0.15) is 27.5 Å². The average molecular weight is 471 g/mol. The van der Waals surface area contributed by atoms with E-state index in [4.69, 9.17) is 21.4 Å². The Kier molecular flexibility index (Phi) is 6.50. The van der Waals surface area contributed by atoms with Crippen molar-refractivity contribution in [3.05, 3.63) is 56.1 Å². The van der Waals surface area contributed by atoms with Crippen LogP contribution in [0.1, 0.15) is 29.4 Å². The van der Waals surface area contributed by atoms with Crippen molar-refractivity contribution < 1.29 is 13.9 Å². The van der Waals surface area contributed by atoms with E-state index in [1.807, 2.05) is 13.0 Å². The van der Waals surface area contributed by atoms with Crippen LogP contribution in [0.5, 0.6) is 0 Å². The number of amides is 1. The molecule has 0 bridgehead atoms. The molecule has 1 amide bonds. The maximum absolute atomic E-state index is 13.2. The van der Waals surface area contributed by atoms with Gasteiger partial charge in [-0.1, -0.05) is 24.0 Å². The van der Waals surface area contributed by atoms with Crippen LogP contribution in [0.3, 0.4) is 0 Å². The number of carbonyl (C=O) groups excluding carboxylic acids is 1. The van der Waals surface area contributed by atoms with E-state index in [9.17, 15) is 14.9 Å². The summed E-state index contributed by atoms with van der Waals surface area (Å²) in [6.07, 6.45) is 3.31. The van der Waals surface area contributed by atoms with E-state index in [0.717, 1.165) is 0 Å². The smallest absolute Gasteiger partial charge is 0.270 e. The normalized spacial score (nSPS) is 18.0. The minimum absolute atomic E-state index is 0.0844. The number of morpholine rings is 1. The molecule has 2 aliphatic rings. The first-order valence-corrected chi connectivity index (χ1v) is 11.5. The molecule has 2 fully saturated rings. The Balaban J connectivity index is 1.83. The van der Waals surface area contributed by atoms with Crippen LogP contribution in [0.4, 0.5) is 5.82 Å². The molecule has 2 saturated heterocycles. The monoisotopic (exact) mass is 470 g/mol. The van der Waals surface area contributed by atoms with Crippen LogP contribution >= 0.6 is 24.0 Å². The Hall–Kier alpha value is -2.87. The third-order valence-electron chi connectivity index (χ3n) is 5.52. The number of aromatic nitrogens is 1. The number of rotatable bonds is 5. The molecule has 10 heteroatoms. The zero-order valence-corrected chi connectivity index (χ0v) is 19.4. The number of thiocarbonyl (C=S) groups is 1. The molecule has 0 aromatic carbocycles. The summed E-state index contributed by atoms with van der Waals surface area (Å²) >= 11 is 6.65. The third-order valence-corrected chi connectivity index (χ3v) is 6.89. The zero-order chi connectivity index (χ0) is 22.8. The predicted molar refractivity (Wildman–Crippen MR) is 126 cm³/mol. The van der Waals surface area contributed by atoms with Crippen molar-refractivity contribution in [2.45, 2.75) is 26.9 Å². The number of anilines is 1. The number of hydrogen-bond acceptors (Lipinski definition) is 8. The molecule has 32 heavy (non-hydrogen) atoms. The summed E-state index contributed by atoms with van der Waals surface area (Å²) in [5.74, 6) is 1.11. The first kappa shape index (κ1) is 22.3. The topological polar surface area (TPSA) is 91.7 Å². The summed E-state index contributed by atoms with van der Waals surface area (Å²) < 4.78 is 12.9. The lowest BCUT2D eigenvalue weighted by atomic mass is 10.0. The SMILES string of the molecule is CCn1c(N2CCOCC2)c(/C=C2\SC(=S)N(Cc3ccco3)C2=O)c(C)c(C#N)c1=O. The number of nitrogens with zero attached hydrogens (tertiary/aromatic N) is 4. The second-order valence-corrected chi connectivity index (χ2v) is 9.02. The van der Waals surface area contributed by atoms with Gasteiger partial charge in [-0.3, -0.25) is 19.1 Å². The number of nitriles is 1. The van der Waals surface area contributed by atoms with E-state index in [1.54, 1.807) is 36.0 Å². The van der Waals surface area contributed by atoms with Crippen molar-refractivity contribution in [1.82, 2.24) is 9.47 Å². The Bertz CT molecular complexity index is 1190. The minimum Gasteiger partial charge on any atom is -0.467 e. The summed E-state index contributed by atoms with van der Waals surface area (Å²) in [7, 11) is 0. The molecular formula is C22H22N4O4S2. The van der Waals surface area contributed by atoms with Crippen LogP contribution < -0.4 is 10.5 Å². The highest BCUT2D eigenvalue weighted by Gasteiger charge is 2.34. The van der Waals surface area contributed by atoms with Crippen molar-refractivity contribution in [3.8, 4) is 6.07 Å². The summed E-state index contributed by atoms with van der Waals surface area (Å²) in [4.78, 5) is 30.2. The fraction of sp³-hybridized carbons (Fsp3) is 0.364. The van der Waals surface area contributed by atoms with Gasteiger partial charge in [0.05, 0.1) is 30.9 Å². The van der Waals surface area contributed by atoms with Crippen LogP contribution in [0.2, 0.25) is 0 Å². The van der Waals surface area contributed by atoms with Gasteiger partial charge in [-0.15, -0.1) is 0 Å². The molecule has 0 unspecified atom stereocenters. The molecule has 0 spiro atoms. The highest BCUT2D eigenvalue weighted by atomic mass is 32.2. The van der Waals surface area contributed by atoms with Gasteiger partial charge >= 0.3 is 0 Å². The lowest BCUT2D eigenvalue weighted by molar-refractivity contribution is -0.122. The number of ether oxygens (including phenoxy) is 1. The second-order valence-electron chi connectivity index (χ2n) is 7.35. The lowest BCUT2D eigenvalue weighted by Gasteiger charge is -2.33. The van der Waals surface area contributed by atoms with Crippen LogP contribution in [0.15, 0.2) is 32.5 Å². The minimum atomic E-state index is -0.323. The summed E-state index contributed by atoms with van der Waals surface area (Å²) in [6.45, 7) is 6.59. The molecule has 166 valence electrons. The zero-order valence-electron chi connectivity index (χ0n) is 17.8. The lowest BCUT2D eigenvalue weighted by Crippen LogP contribution is -2.41. The molecule has 0 atom stereocenters. The van der Waals surface area contributed by atoms with Crippen LogP contribution in [0.25, 0.3) is 6.08 Å². The molecule has 4 heterocycles. The van der Waals surface area contributed by atoms with Gasteiger partial charge in [0.15, 0.2) is 0 Å². The molecular weight excluding hydrogens is 448 g/mol. The largest absolute Gasteiger partial charge is 0.467 e. The fourth-order valence-corrected chi connectivity index (χ4v) is 5.12. The first-order valence-electron chi connectivity index (χ1n) is 10.2. The Morgan fingerprint density at radius 3 is 2.69 bits per heavy atom. The van der Waals surface area contributed by atoms with Gasteiger partial charge in [-0.25, -0.2) is 0 Å². The number of thioether (sulfide) groups is 1. The summed E-state index contributed by atoms with van der Waals surface area (Å²) in [5, 5.41) is 9.66. The van der Waals surface area contributed by atoms with Crippen molar-refractivity contribution >= 4 is 46.1 Å². The van der Waals surface area contributed by atoms with Crippen molar-refractivity contribution in [1.29, 1.82) is 5.26 Å². The predicted octanol–water partition coefficient (Wildman–Crippen LogP) is 2.88. The second kappa shape index (κ2) is 9.32. The molecule has 2 aliphatic heterocycles. The van der Waals surface area contributed by atoms with E-state index < -0.39 is 0 Å². The Morgan fingerprint density at radius 2 is 2.06 bits per heavy atom. The standard InChI is InChI=1S/C22H22N4O4S2/c1-3-25-19(24-6-9-29-10-7-24)16(14(2)17(12-23)20(25)27)11-18-21(28)26(22(31)32-18)13-15-5-4-8-30-15/h4-5,8,11H,3,6-7,9-10,13H2,1-2H3/b18-11-. The van der Waals surface area contributed by atoms with E-state index >= 15 is 0 Å². The summed E-state index contributed by atoms with van der Waals surface area (Å²) in [5.41, 5.74) is 1.00. The van der Waals surface area contributed by atoms with Crippen LogP contribution in [0, 0.1) is 18.3 Å². The third kappa shape index (κ3) is 3.99. The Labute approximate surface area is 195 Å². The molecule has 0 radical (unpaired) electrons. The highest BCUT2D eigenvalue weighted by Crippen LogP contribution is 2.36. The van der Waals surface area contributed by atoms with Crippen molar-refractivity contribution in [2.24, 2.45) is 0 Å². The van der Waals surface area contributed by atoms with E-state index in [1.165, 1.54) is 16.7 Å².